The molecule has 0 saturated carbocycles. The summed E-state index contributed by atoms with van der Waals surface area (Å²) in [5.41, 5.74) is 5.08. The van der Waals surface area contributed by atoms with Crippen LogP contribution in [-0.2, 0) is 12.8 Å². The number of hydrogen-bond acceptors (Lipinski definition) is 2. The lowest BCUT2D eigenvalue weighted by molar-refractivity contribution is 0.793. The first-order valence-electron chi connectivity index (χ1n) is 8.66. The van der Waals surface area contributed by atoms with Crippen molar-refractivity contribution in [1.82, 2.24) is 15.6 Å². The van der Waals surface area contributed by atoms with E-state index in [2.05, 4.69) is 59.6 Å². The van der Waals surface area contributed by atoms with Gasteiger partial charge in [0.1, 0.15) is 0 Å². The third-order valence-electron chi connectivity index (χ3n) is 3.70. The molecule has 2 N–H and O–H groups in total. The largest absolute Gasteiger partial charge is 0.357 e. The van der Waals surface area contributed by atoms with Crippen molar-refractivity contribution < 1.29 is 0 Å². The lowest BCUT2D eigenvalue weighted by Gasteiger charge is -2.12. The molecule has 1 heterocycles. The van der Waals surface area contributed by atoms with Crippen LogP contribution in [0, 0.1) is 13.8 Å². The lowest BCUT2D eigenvalue weighted by atomic mass is 10.1. The number of aryl methyl sites for hydroxylation is 2. The summed E-state index contributed by atoms with van der Waals surface area (Å²) in [6.45, 7) is 8.84. The van der Waals surface area contributed by atoms with Crippen LogP contribution in [0.2, 0.25) is 0 Å². The van der Waals surface area contributed by atoms with Gasteiger partial charge in [-0.25, -0.2) is 0 Å². The maximum Gasteiger partial charge on any atom is 0.191 e. The zero-order chi connectivity index (χ0) is 17.2. The third kappa shape index (κ3) is 6.41. The van der Waals surface area contributed by atoms with Gasteiger partial charge in [-0.2, -0.15) is 0 Å². The summed E-state index contributed by atoms with van der Waals surface area (Å²) in [5.74, 6) is 0.873. The average Bonchev–Trinajstić information content (AvgIpc) is 2.55. The normalized spacial score (nSPS) is 11.4. The molecule has 0 amide bonds. The van der Waals surface area contributed by atoms with Crippen molar-refractivity contribution in [2.45, 2.75) is 33.6 Å². The molecule has 0 radical (unpaired) electrons. The molecule has 4 heteroatoms. The van der Waals surface area contributed by atoms with E-state index in [0.29, 0.717) is 0 Å². The standard InChI is InChI=1S/C20H28N4/c1-4-21-20(24-12-9-19-7-5-6-10-22-19)23-11-8-18-14-16(2)13-17(3)15-18/h5-7,10,13-15H,4,8-9,11-12H2,1-3H3,(H2,21,23,24). The molecule has 2 rings (SSSR count). The molecule has 0 aliphatic heterocycles. The molecule has 0 bridgehead atoms. The molecule has 0 saturated heterocycles. The number of rotatable bonds is 7. The van der Waals surface area contributed by atoms with Gasteiger partial charge in [-0.15, -0.1) is 0 Å². The van der Waals surface area contributed by atoms with E-state index in [4.69, 9.17) is 0 Å². The summed E-state index contributed by atoms with van der Waals surface area (Å²) in [4.78, 5) is 8.96. The van der Waals surface area contributed by atoms with E-state index < -0.39 is 0 Å². The van der Waals surface area contributed by atoms with Gasteiger partial charge in [0.15, 0.2) is 5.96 Å². The molecular weight excluding hydrogens is 296 g/mol. The second kappa shape index (κ2) is 9.71. The fourth-order valence-corrected chi connectivity index (χ4v) is 2.71. The number of nitrogens with one attached hydrogen (secondary N) is 2. The highest BCUT2D eigenvalue weighted by Gasteiger charge is 2.00. The monoisotopic (exact) mass is 324 g/mol. The van der Waals surface area contributed by atoms with Crippen LogP contribution < -0.4 is 10.6 Å². The highest BCUT2D eigenvalue weighted by atomic mass is 15.2. The first-order chi connectivity index (χ1) is 11.7. The smallest absolute Gasteiger partial charge is 0.191 e. The Bertz CT molecular complexity index is 630. The van der Waals surface area contributed by atoms with Gasteiger partial charge < -0.3 is 10.6 Å². The molecule has 0 aliphatic carbocycles. The summed E-state index contributed by atoms with van der Waals surface area (Å²) in [6, 6.07) is 12.7. The van der Waals surface area contributed by atoms with Crippen molar-refractivity contribution in [3.05, 3.63) is 65.0 Å². The van der Waals surface area contributed by atoms with Crippen LogP contribution >= 0.6 is 0 Å². The van der Waals surface area contributed by atoms with E-state index in [1.807, 2.05) is 24.4 Å². The Hall–Kier alpha value is -2.36. The van der Waals surface area contributed by atoms with Crippen molar-refractivity contribution in [2.24, 2.45) is 4.99 Å². The molecule has 0 spiro atoms. The van der Waals surface area contributed by atoms with E-state index >= 15 is 0 Å². The number of aliphatic imine (C=N–C) groups is 1. The first kappa shape index (κ1) is 18.0. The summed E-state index contributed by atoms with van der Waals surface area (Å²) in [6.07, 6.45) is 3.67. The van der Waals surface area contributed by atoms with Gasteiger partial charge in [0.05, 0.1) is 0 Å². The van der Waals surface area contributed by atoms with Crippen LogP contribution in [0.1, 0.15) is 29.3 Å². The number of benzene rings is 1. The first-order valence-corrected chi connectivity index (χ1v) is 8.66. The maximum absolute atomic E-state index is 4.63. The average molecular weight is 324 g/mol. The Morgan fingerprint density at radius 1 is 1.04 bits per heavy atom. The Kier molecular flexibility index (Phi) is 7.27. The Labute approximate surface area is 145 Å². The summed E-state index contributed by atoms with van der Waals surface area (Å²) in [5, 5.41) is 6.71. The van der Waals surface area contributed by atoms with E-state index in [1.54, 1.807) is 0 Å². The molecule has 0 atom stereocenters. The quantitative estimate of drug-likeness (QED) is 0.608. The van der Waals surface area contributed by atoms with Gasteiger partial charge in [0.25, 0.3) is 0 Å². The Morgan fingerprint density at radius 2 is 1.83 bits per heavy atom. The minimum absolute atomic E-state index is 0.732. The Morgan fingerprint density at radius 3 is 2.50 bits per heavy atom. The molecule has 2 aromatic rings. The van der Waals surface area contributed by atoms with Crippen LogP contribution in [0.25, 0.3) is 0 Å². The van der Waals surface area contributed by atoms with Crippen LogP contribution in [-0.4, -0.2) is 30.6 Å². The maximum atomic E-state index is 4.63. The molecule has 128 valence electrons. The molecule has 0 fully saturated rings. The zero-order valence-corrected chi connectivity index (χ0v) is 15.0. The second-order valence-electron chi connectivity index (χ2n) is 6.00. The van der Waals surface area contributed by atoms with Crippen molar-refractivity contribution in [1.29, 1.82) is 0 Å². The van der Waals surface area contributed by atoms with Gasteiger partial charge in [0, 0.05) is 37.9 Å². The van der Waals surface area contributed by atoms with Crippen molar-refractivity contribution >= 4 is 5.96 Å². The topological polar surface area (TPSA) is 49.3 Å². The molecule has 0 unspecified atom stereocenters. The van der Waals surface area contributed by atoms with E-state index in [1.165, 1.54) is 16.7 Å². The second-order valence-corrected chi connectivity index (χ2v) is 6.00. The summed E-state index contributed by atoms with van der Waals surface area (Å²) < 4.78 is 0. The highest BCUT2D eigenvalue weighted by Crippen LogP contribution is 2.08. The SMILES string of the molecule is CCNC(=NCCc1ccccn1)NCCc1cc(C)cc(C)c1. The predicted octanol–water partition coefficient (Wildman–Crippen LogP) is 3.04. The van der Waals surface area contributed by atoms with Crippen LogP contribution in [0.15, 0.2) is 47.6 Å². The molecule has 1 aromatic carbocycles. The minimum Gasteiger partial charge on any atom is -0.357 e. The molecule has 0 aliphatic rings. The molecular formula is C20H28N4. The molecule has 24 heavy (non-hydrogen) atoms. The number of nitrogens with zero attached hydrogens (tertiary/aromatic N) is 2. The molecule has 1 aromatic heterocycles. The third-order valence-corrected chi connectivity index (χ3v) is 3.70. The fraction of sp³-hybridized carbons (Fsp3) is 0.400. The highest BCUT2D eigenvalue weighted by molar-refractivity contribution is 5.79. The number of pyridine rings is 1. The van der Waals surface area contributed by atoms with Crippen LogP contribution in [0.5, 0.6) is 0 Å². The van der Waals surface area contributed by atoms with Crippen molar-refractivity contribution in [3.8, 4) is 0 Å². The van der Waals surface area contributed by atoms with Crippen LogP contribution in [0.4, 0.5) is 0 Å². The van der Waals surface area contributed by atoms with Crippen molar-refractivity contribution in [3.63, 3.8) is 0 Å². The predicted molar refractivity (Wildman–Crippen MR) is 102 cm³/mol. The van der Waals surface area contributed by atoms with Gasteiger partial charge in [-0.05, 0) is 44.9 Å². The lowest BCUT2D eigenvalue weighted by Crippen LogP contribution is -2.38. The van der Waals surface area contributed by atoms with Gasteiger partial charge in [-0.3, -0.25) is 9.98 Å². The number of aromatic nitrogens is 1. The minimum atomic E-state index is 0.732. The number of hydrogen-bond donors (Lipinski definition) is 2. The van der Waals surface area contributed by atoms with Gasteiger partial charge in [-0.1, -0.05) is 35.4 Å². The van der Waals surface area contributed by atoms with Crippen LogP contribution in [0.3, 0.4) is 0 Å². The van der Waals surface area contributed by atoms with Gasteiger partial charge in [0.2, 0.25) is 0 Å². The van der Waals surface area contributed by atoms with E-state index in [0.717, 1.165) is 44.1 Å². The van der Waals surface area contributed by atoms with E-state index in [9.17, 15) is 0 Å². The zero-order valence-electron chi connectivity index (χ0n) is 15.0. The van der Waals surface area contributed by atoms with E-state index in [-0.39, 0.29) is 0 Å². The Balaban J connectivity index is 1.82. The molecule has 4 nitrogen and oxygen atoms in total. The van der Waals surface area contributed by atoms with Gasteiger partial charge >= 0.3 is 0 Å². The summed E-state index contributed by atoms with van der Waals surface area (Å²) >= 11 is 0. The fourth-order valence-electron chi connectivity index (χ4n) is 2.71. The summed E-state index contributed by atoms with van der Waals surface area (Å²) in [7, 11) is 0. The van der Waals surface area contributed by atoms with Crippen molar-refractivity contribution in [2.75, 3.05) is 19.6 Å². The number of guanidine groups is 1.